The van der Waals surface area contributed by atoms with Gasteiger partial charge in [-0.1, -0.05) is 33.8 Å². The highest BCUT2D eigenvalue weighted by Crippen LogP contribution is 2.46. The molecule has 13 heteroatoms. The highest BCUT2D eigenvalue weighted by molar-refractivity contribution is 7.10. The lowest BCUT2D eigenvalue weighted by Gasteiger charge is -2.37. The van der Waals surface area contributed by atoms with Crippen molar-refractivity contribution < 1.29 is 28.6 Å². The Bertz CT molecular complexity index is 2100. The number of aryl methyl sites for hydroxylation is 1. The van der Waals surface area contributed by atoms with Crippen molar-refractivity contribution in [3.8, 4) is 22.5 Å². The maximum Gasteiger partial charge on any atom is 0.324 e. The first-order valence-corrected chi connectivity index (χ1v) is 20.9. The number of amides is 2. The van der Waals surface area contributed by atoms with Gasteiger partial charge in [-0.15, -0.1) is 11.3 Å². The van der Waals surface area contributed by atoms with E-state index >= 15 is 0 Å². The maximum atomic E-state index is 14.6. The molecule has 2 N–H and O–H groups in total. The number of rotatable bonds is 8. The van der Waals surface area contributed by atoms with Gasteiger partial charge in [0, 0.05) is 65.1 Å². The summed E-state index contributed by atoms with van der Waals surface area (Å²) in [5.74, 6) is -0.733. The van der Waals surface area contributed by atoms with Crippen molar-refractivity contribution in [3.63, 3.8) is 0 Å². The predicted molar refractivity (Wildman–Crippen MR) is 216 cm³/mol. The largest absolute Gasteiger partial charge is 0.464 e. The molecule has 1 saturated heterocycles. The number of hydrazine groups is 1. The average molecular weight is 785 g/mol. The van der Waals surface area contributed by atoms with Crippen molar-refractivity contribution in [2.75, 3.05) is 20.3 Å². The van der Waals surface area contributed by atoms with Crippen molar-refractivity contribution in [2.45, 2.75) is 112 Å². The molecule has 1 aliphatic carbocycles. The van der Waals surface area contributed by atoms with E-state index in [4.69, 9.17) is 24.2 Å². The number of carbonyl (C=O) groups is 3. The van der Waals surface area contributed by atoms with E-state index in [1.165, 1.54) is 16.3 Å². The van der Waals surface area contributed by atoms with Crippen molar-refractivity contribution in [2.24, 2.45) is 23.2 Å². The Labute approximate surface area is 333 Å². The summed E-state index contributed by atoms with van der Waals surface area (Å²) < 4.78 is 20.8. The fraction of sp³-hybridized carbons (Fsp3) is 0.558. The van der Waals surface area contributed by atoms with Crippen LogP contribution in [0.5, 0.6) is 0 Å². The molecule has 12 nitrogen and oxygen atoms in total. The van der Waals surface area contributed by atoms with Crippen LogP contribution in [-0.2, 0) is 41.6 Å². The van der Waals surface area contributed by atoms with Gasteiger partial charge < -0.3 is 24.1 Å². The fourth-order valence-corrected chi connectivity index (χ4v) is 9.31. The molecule has 1 saturated carbocycles. The molecule has 6 bridgehead atoms. The van der Waals surface area contributed by atoms with Gasteiger partial charge in [0.25, 0.3) is 5.91 Å². The van der Waals surface area contributed by atoms with E-state index in [-0.39, 0.29) is 48.4 Å². The second-order valence-electron chi connectivity index (χ2n) is 16.8. The molecule has 300 valence electrons. The Morgan fingerprint density at radius 3 is 2.62 bits per heavy atom. The number of aromatic nitrogens is 3. The van der Waals surface area contributed by atoms with Crippen LogP contribution in [0.25, 0.3) is 33.4 Å². The molecule has 3 aromatic heterocycles. The van der Waals surface area contributed by atoms with Crippen molar-refractivity contribution >= 4 is 40.0 Å². The summed E-state index contributed by atoms with van der Waals surface area (Å²) in [6.07, 6.45) is 2.12. The normalized spacial score (nSPS) is 25.9. The number of carbonyl (C=O) groups excluding carboxylic acids is 3. The molecule has 0 spiro atoms. The summed E-state index contributed by atoms with van der Waals surface area (Å²) in [7, 11) is 1.70. The number of esters is 1. The lowest BCUT2D eigenvalue weighted by atomic mass is 9.84. The molecule has 2 amide bonds. The minimum Gasteiger partial charge on any atom is -0.464 e. The van der Waals surface area contributed by atoms with Gasteiger partial charge in [0.15, 0.2) is 0 Å². The number of ether oxygens (including phenoxy) is 3. The third-order valence-electron chi connectivity index (χ3n) is 11.8. The molecule has 2 aliphatic heterocycles. The van der Waals surface area contributed by atoms with Crippen LogP contribution in [0.1, 0.15) is 96.7 Å². The lowest BCUT2D eigenvalue weighted by molar-refractivity contribution is -0.157. The quantitative estimate of drug-likeness (QED) is 0.181. The predicted octanol–water partition coefficient (Wildman–Crippen LogP) is 7.03. The Balaban J connectivity index is 1.40. The van der Waals surface area contributed by atoms with Gasteiger partial charge in [0.05, 0.1) is 35.9 Å². The molecule has 3 aliphatic rings. The zero-order chi connectivity index (χ0) is 40.1. The van der Waals surface area contributed by atoms with E-state index in [0.29, 0.717) is 30.8 Å². The molecular formula is C43H56N6O6S. The summed E-state index contributed by atoms with van der Waals surface area (Å²) in [5, 5.41) is 8.21. The molecule has 2 fully saturated rings. The van der Waals surface area contributed by atoms with Crippen LogP contribution < -0.4 is 10.7 Å². The minimum absolute atomic E-state index is 0.167. The molecule has 1 aromatic carbocycles. The Morgan fingerprint density at radius 1 is 1.16 bits per heavy atom. The summed E-state index contributed by atoms with van der Waals surface area (Å²) >= 11 is 1.41. The van der Waals surface area contributed by atoms with Gasteiger partial charge in [-0.05, 0) is 88.6 Å². The number of methoxy groups -OCH3 is 1. The smallest absolute Gasteiger partial charge is 0.324 e. The monoisotopic (exact) mass is 784 g/mol. The first-order chi connectivity index (χ1) is 26.7. The van der Waals surface area contributed by atoms with Crippen LogP contribution in [0.4, 0.5) is 0 Å². The highest BCUT2D eigenvalue weighted by Gasteiger charge is 2.50. The number of nitrogens with zero attached hydrogens (tertiary/aromatic N) is 4. The third kappa shape index (κ3) is 7.75. The molecule has 56 heavy (non-hydrogen) atoms. The van der Waals surface area contributed by atoms with Gasteiger partial charge >= 0.3 is 5.97 Å². The standard InChI is InChI=1S/C43H56N6O6S/c1-10-48-33-16-15-27-19-29(33)30(37(48)28-13-11-17-44-35(28)26(6)53-9)20-43(7,8)22-54-42(52)31-14-12-18-49(47-31)41(51)36(46-39(50)34-24(4)25(34)5)38(55-23(2)3)40-45-32(27)21-56-40/h11,13,15-17,19,21,23-26,31,34,36,38,47H,10,12,14,18,20,22H2,1-9H3,(H,46,50)/t24-,25+,26-,31-,34+,36-,38-/m0/s1. The van der Waals surface area contributed by atoms with Crippen molar-refractivity contribution in [1.82, 2.24) is 30.3 Å². The second kappa shape index (κ2) is 16.0. The summed E-state index contributed by atoms with van der Waals surface area (Å²) in [5.41, 5.74) is 9.47. The second-order valence-corrected chi connectivity index (χ2v) is 17.7. The molecule has 4 aromatic rings. The van der Waals surface area contributed by atoms with E-state index in [9.17, 15) is 14.4 Å². The van der Waals surface area contributed by atoms with Gasteiger partial charge in [-0.2, -0.15) is 0 Å². The summed E-state index contributed by atoms with van der Waals surface area (Å²) in [6, 6.07) is 8.69. The number of pyridine rings is 1. The maximum absolute atomic E-state index is 14.6. The number of nitrogens with one attached hydrogen (secondary N) is 2. The van der Waals surface area contributed by atoms with Crippen LogP contribution in [0.15, 0.2) is 41.9 Å². The molecule has 7 atom stereocenters. The topological polar surface area (TPSA) is 137 Å². The zero-order valence-electron chi connectivity index (χ0n) is 34.0. The summed E-state index contributed by atoms with van der Waals surface area (Å²) in [6.45, 7) is 17.6. The molecule has 0 unspecified atom stereocenters. The lowest BCUT2D eigenvalue weighted by Crippen LogP contribution is -2.61. The first-order valence-electron chi connectivity index (χ1n) is 20.0. The molecule has 5 heterocycles. The van der Waals surface area contributed by atoms with Crippen LogP contribution in [-0.4, -0.2) is 75.8 Å². The van der Waals surface area contributed by atoms with Crippen LogP contribution in [0.3, 0.4) is 0 Å². The number of hydrogen-bond donors (Lipinski definition) is 2. The molecule has 0 radical (unpaired) electrons. The fourth-order valence-electron chi connectivity index (χ4n) is 8.41. The van der Waals surface area contributed by atoms with Crippen molar-refractivity contribution in [1.29, 1.82) is 0 Å². The average Bonchev–Trinajstić information content (AvgIpc) is 3.47. The first kappa shape index (κ1) is 40.0. The Morgan fingerprint density at radius 2 is 1.93 bits per heavy atom. The molecule has 7 rings (SSSR count). The van der Waals surface area contributed by atoms with Gasteiger partial charge in [0.1, 0.15) is 23.2 Å². The Kier molecular flexibility index (Phi) is 11.4. The zero-order valence-corrected chi connectivity index (χ0v) is 34.9. The summed E-state index contributed by atoms with van der Waals surface area (Å²) in [4.78, 5) is 52.1. The van der Waals surface area contributed by atoms with E-state index in [0.717, 1.165) is 51.2 Å². The van der Waals surface area contributed by atoms with Gasteiger partial charge in [-0.3, -0.25) is 24.4 Å². The van der Waals surface area contributed by atoms with Crippen LogP contribution in [0.2, 0.25) is 0 Å². The number of cyclic esters (lactones) is 1. The van der Waals surface area contributed by atoms with E-state index in [1.807, 2.05) is 32.2 Å². The van der Waals surface area contributed by atoms with Crippen molar-refractivity contribution in [3.05, 3.63) is 58.2 Å². The van der Waals surface area contributed by atoms with Gasteiger partial charge in [-0.25, -0.2) is 10.4 Å². The SMILES string of the molecule is CCn1c(-c2cccnc2[C@H](C)OC)c2c3cc(ccc31)-c1csc(n1)[C@@H](OC(C)C)[C@H](NC(=O)[C@H]1[C@H](C)[C@@H]1C)C(=O)N1CCC[C@H](N1)C(=O)OCC(C)(C)C2. The van der Waals surface area contributed by atoms with E-state index in [2.05, 4.69) is 74.2 Å². The van der Waals surface area contributed by atoms with Crippen LogP contribution in [0, 0.1) is 23.2 Å². The van der Waals surface area contributed by atoms with Gasteiger partial charge in [0.2, 0.25) is 5.91 Å². The molecular weight excluding hydrogens is 729 g/mol. The number of fused-ring (bicyclic) bond motifs is 6. The third-order valence-corrected chi connectivity index (χ3v) is 12.7. The number of hydrogen-bond acceptors (Lipinski definition) is 10. The van der Waals surface area contributed by atoms with E-state index in [1.54, 1.807) is 13.3 Å². The highest BCUT2D eigenvalue weighted by atomic mass is 32.1. The van der Waals surface area contributed by atoms with E-state index < -0.39 is 29.6 Å². The number of thiazole rings is 1. The van der Waals surface area contributed by atoms with Crippen LogP contribution >= 0.6 is 11.3 Å². The number of benzene rings is 1. The Hall–Kier alpha value is -4.17. The minimum atomic E-state index is -1.08.